The van der Waals surface area contributed by atoms with Crippen molar-refractivity contribution in [2.75, 3.05) is 25.1 Å². The Hall–Kier alpha value is -2.04. The second-order valence-corrected chi connectivity index (χ2v) is 5.98. The lowest BCUT2D eigenvalue weighted by molar-refractivity contribution is -0.134. The number of hydrogen-bond acceptors (Lipinski definition) is 4. The third-order valence-corrected chi connectivity index (χ3v) is 4.55. The first-order valence-corrected chi connectivity index (χ1v) is 7.95. The van der Waals surface area contributed by atoms with Gasteiger partial charge in [0.2, 0.25) is 11.8 Å². The van der Waals surface area contributed by atoms with E-state index in [2.05, 4.69) is 16.3 Å². The third kappa shape index (κ3) is 2.93. The number of ether oxygens (including phenoxy) is 1. The molecule has 3 rings (SSSR count). The summed E-state index contributed by atoms with van der Waals surface area (Å²) in [6, 6.07) is 6.06. The summed E-state index contributed by atoms with van der Waals surface area (Å²) in [6.07, 6.45) is 4.66. The summed E-state index contributed by atoms with van der Waals surface area (Å²) in [5.74, 6) is 0.0195. The number of nitrogens with one attached hydrogen (secondary N) is 1. The smallest absolute Gasteiger partial charge is 0.234 e. The molecule has 2 aliphatic rings. The molecule has 0 aromatic heterocycles. The Morgan fingerprint density at radius 1 is 1.18 bits per heavy atom. The number of piperidine rings is 2. The fraction of sp³-hybridized carbons (Fsp3) is 0.529. The molecule has 22 heavy (non-hydrogen) atoms. The first-order valence-electron chi connectivity index (χ1n) is 7.95. The van der Waals surface area contributed by atoms with Crippen molar-refractivity contribution in [2.24, 2.45) is 0 Å². The lowest BCUT2D eigenvalue weighted by Crippen LogP contribution is -2.39. The number of methoxy groups -OCH3 is 1. The average molecular weight is 302 g/mol. The number of carbonyl (C=O) groups excluding carboxylic acids is 2. The third-order valence-electron chi connectivity index (χ3n) is 4.55. The Kier molecular flexibility index (Phi) is 4.32. The zero-order valence-electron chi connectivity index (χ0n) is 12.9. The molecule has 5 heteroatoms. The number of amides is 2. The van der Waals surface area contributed by atoms with Crippen molar-refractivity contribution in [3.8, 4) is 5.75 Å². The maximum absolute atomic E-state index is 12.1. The van der Waals surface area contributed by atoms with Crippen molar-refractivity contribution in [2.45, 2.75) is 38.0 Å². The highest BCUT2D eigenvalue weighted by molar-refractivity contribution is 6.01. The monoisotopic (exact) mass is 302 g/mol. The number of benzene rings is 1. The van der Waals surface area contributed by atoms with Gasteiger partial charge < -0.3 is 9.64 Å². The number of hydrogen-bond donors (Lipinski definition) is 1. The van der Waals surface area contributed by atoms with Gasteiger partial charge in [-0.1, -0.05) is 6.07 Å². The van der Waals surface area contributed by atoms with Crippen LogP contribution in [0.5, 0.6) is 5.75 Å². The summed E-state index contributed by atoms with van der Waals surface area (Å²) in [7, 11) is 1.63. The zero-order valence-corrected chi connectivity index (χ0v) is 12.9. The van der Waals surface area contributed by atoms with E-state index in [-0.39, 0.29) is 17.7 Å². The van der Waals surface area contributed by atoms with E-state index < -0.39 is 0 Å². The molecule has 0 saturated carbocycles. The van der Waals surface area contributed by atoms with Crippen LogP contribution in [0.3, 0.4) is 0 Å². The molecule has 5 nitrogen and oxygen atoms in total. The van der Waals surface area contributed by atoms with E-state index in [0.717, 1.165) is 30.1 Å². The molecule has 0 spiro atoms. The summed E-state index contributed by atoms with van der Waals surface area (Å²) in [4.78, 5) is 25.7. The lowest BCUT2D eigenvalue weighted by atomic mass is 9.89. The van der Waals surface area contributed by atoms with Gasteiger partial charge in [-0.3, -0.25) is 14.9 Å². The summed E-state index contributed by atoms with van der Waals surface area (Å²) in [5, 5.41) is 2.41. The van der Waals surface area contributed by atoms with Gasteiger partial charge >= 0.3 is 0 Å². The largest absolute Gasteiger partial charge is 0.496 e. The van der Waals surface area contributed by atoms with Crippen LogP contribution in [0.1, 0.15) is 43.6 Å². The lowest BCUT2D eigenvalue weighted by Gasteiger charge is -2.30. The van der Waals surface area contributed by atoms with Crippen molar-refractivity contribution in [3.63, 3.8) is 0 Å². The van der Waals surface area contributed by atoms with Gasteiger partial charge in [-0.15, -0.1) is 0 Å². The Morgan fingerprint density at radius 2 is 1.95 bits per heavy atom. The maximum atomic E-state index is 12.1. The van der Waals surface area contributed by atoms with E-state index in [1.54, 1.807) is 7.11 Å². The van der Waals surface area contributed by atoms with Gasteiger partial charge in [0.05, 0.1) is 13.0 Å². The summed E-state index contributed by atoms with van der Waals surface area (Å²) < 4.78 is 5.51. The van der Waals surface area contributed by atoms with E-state index in [0.29, 0.717) is 12.8 Å². The van der Waals surface area contributed by atoms with Crippen LogP contribution in [0.4, 0.5) is 5.69 Å². The van der Waals surface area contributed by atoms with Crippen LogP contribution in [0.15, 0.2) is 18.2 Å². The molecule has 0 aliphatic carbocycles. The van der Waals surface area contributed by atoms with Gasteiger partial charge in [-0.05, 0) is 31.7 Å². The molecule has 1 aromatic rings. The highest BCUT2D eigenvalue weighted by Crippen LogP contribution is 2.35. The minimum atomic E-state index is -0.303. The molecule has 2 aliphatic heterocycles. The van der Waals surface area contributed by atoms with E-state index in [1.165, 1.54) is 19.3 Å². The van der Waals surface area contributed by atoms with Crippen LogP contribution in [0.25, 0.3) is 0 Å². The quantitative estimate of drug-likeness (QED) is 0.870. The van der Waals surface area contributed by atoms with Gasteiger partial charge in [0.1, 0.15) is 5.75 Å². The summed E-state index contributed by atoms with van der Waals surface area (Å²) in [6.45, 7) is 2.14. The van der Waals surface area contributed by atoms with Gasteiger partial charge in [0, 0.05) is 36.8 Å². The van der Waals surface area contributed by atoms with Gasteiger partial charge in [0.15, 0.2) is 0 Å². The van der Waals surface area contributed by atoms with Crippen molar-refractivity contribution in [1.29, 1.82) is 0 Å². The van der Waals surface area contributed by atoms with Crippen molar-refractivity contribution < 1.29 is 14.3 Å². The van der Waals surface area contributed by atoms with Crippen molar-refractivity contribution in [1.82, 2.24) is 5.32 Å². The highest BCUT2D eigenvalue weighted by atomic mass is 16.5. The zero-order chi connectivity index (χ0) is 15.5. The molecule has 118 valence electrons. The topological polar surface area (TPSA) is 58.6 Å². The van der Waals surface area contributed by atoms with Crippen LogP contribution in [0, 0.1) is 0 Å². The van der Waals surface area contributed by atoms with Gasteiger partial charge in [-0.25, -0.2) is 0 Å². The Morgan fingerprint density at radius 3 is 2.64 bits per heavy atom. The minimum Gasteiger partial charge on any atom is -0.496 e. The van der Waals surface area contributed by atoms with Crippen LogP contribution in [-0.4, -0.2) is 32.0 Å². The molecule has 2 amide bonds. The fourth-order valence-electron chi connectivity index (χ4n) is 3.33. The predicted molar refractivity (Wildman–Crippen MR) is 84.2 cm³/mol. The van der Waals surface area contributed by atoms with E-state index in [9.17, 15) is 9.59 Å². The van der Waals surface area contributed by atoms with Crippen molar-refractivity contribution >= 4 is 17.5 Å². The Bertz CT molecular complexity index is 579. The van der Waals surface area contributed by atoms with Gasteiger partial charge in [0.25, 0.3) is 0 Å². The maximum Gasteiger partial charge on any atom is 0.234 e. The second-order valence-electron chi connectivity index (χ2n) is 5.98. The molecular formula is C17H22N2O3. The molecule has 2 saturated heterocycles. The molecule has 1 N–H and O–H groups in total. The summed E-state index contributed by atoms with van der Waals surface area (Å²) in [5.41, 5.74) is 2.01. The van der Waals surface area contributed by atoms with E-state index >= 15 is 0 Å². The summed E-state index contributed by atoms with van der Waals surface area (Å²) >= 11 is 0. The normalized spacial score (nSPS) is 22.4. The van der Waals surface area contributed by atoms with E-state index in [1.807, 2.05) is 12.1 Å². The first kappa shape index (κ1) is 14.9. The molecule has 0 radical (unpaired) electrons. The van der Waals surface area contributed by atoms with Crippen molar-refractivity contribution in [3.05, 3.63) is 23.8 Å². The minimum absolute atomic E-state index is 0.190. The fourth-order valence-corrected chi connectivity index (χ4v) is 3.33. The number of imide groups is 1. The first-order chi connectivity index (χ1) is 10.7. The average Bonchev–Trinajstić information content (AvgIpc) is 2.55. The predicted octanol–water partition coefficient (Wildman–Crippen LogP) is 2.21. The van der Waals surface area contributed by atoms with Crippen LogP contribution >= 0.6 is 0 Å². The van der Waals surface area contributed by atoms with Gasteiger partial charge in [-0.2, -0.15) is 0 Å². The molecule has 2 fully saturated rings. The second kappa shape index (κ2) is 6.38. The number of rotatable bonds is 3. The molecule has 1 aromatic carbocycles. The van der Waals surface area contributed by atoms with Crippen LogP contribution in [-0.2, 0) is 9.59 Å². The van der Waals surface area contributed by atoms with Crippen LogP contribution in [0.2, 0.25) is 0 Å². The van der Waals surface area contributed by atoms with Crippen LogP contribution < -0.4 is 15.0 Å². The number of carbonyl (C=O) groups is 2. The molecule has 2 heterocycles. The molecule has 1 atom stereocenters. The van der Waals surface area contributed by atoms with E-state index in [4.69, 9.17) is 4.74 Å². The highest BCUT2D eigenvalue weighted by Gasteiger charge is 2.30. The Labute approximate surface area is 130 Å². The molecule has 0 bridgehead atoms. The molecular weight excluding hydrogens is 280 g/mol. The number of nitrogens with zero attached hydrogens (tertiary/aromatic N) is 1. The standard InChI is InChI=1S/C17H22N2O3/c1-22-15-11-12(19-9-3-2-4-10-19)5-6-13(15)14-7-8-16(20)18-17(14)21/h5-6,11,14H,2-4,7-10H2,1H3,(H,18,20,21). The number of anilines is 1. The Balaban J connectivity index is 1.85. The molecule has 1 unspecified atom stereocenters. The SMILES string of the molecule is COc1cc(N2CCCCC2)ccc1C1CCC(=O)NC1=O.